The molecule has 0 amide bonds. The van der Waals surface area contributed by atoms with Crippen molar-refractivity contribution in [3.8, 4) is 11.5 Å². The van der Waals surface area contributed by atoms with Crippen LogP contribution in [0, 0.1) is 11.7 Å². The summed E-state index contributed by atoms with van der Waals surface area (Å²) in [5.41, 5.74) is 0. The third-order valence-electron chi connectivity index (χ3n) is 3.04. The molecule has 0 N–H and O–H groups in total. The lowest BCUT2D eigenvalue weighted by molar-refractivity contribution is -0.144. The largest absolute Gasteiger partial charge is 0.494 e. The highest BCUT2D eigenvalue weighted by Gasteiger charge is 2.19. The first-order valence-corrected chi connectivity index (χ1v) is 6.63. The number of carbonyl (C=O) groups is 1. The van der Waals surface area contributed by atoms with Crippen LogP contribution in [0.5, 0.6) is 11.5 Å². The van der Waals surface area contributed by atoms with Crippen molar-refractivity contribution in [2.75, 3.05) is 13.7 Å². The molecule has 0 heterocycles. The average Bonchev–Trinajstić information content (AvgIpc) is 2.41. The van der Waals surface area contributed by atoms with Crippen molar-refractivity contribution >= 4 is 5.97 Å². The Labute approximate surface area is 118 Å². The van der Waals surface area contributed by atoms with E-state index in [0.717, 1.165) is 0 Å². The van der Waals surface area contributed by atoms with Crippen LogP contribution in [0.1, 0.15) is 27.2 Å². The topological polar surface area (TPSA) is 44.8 Å². The lowest BCUT2D eigenvalue weighted by Crippen LogP contribution is -2.24. The van der Waals surface area contributed by atoms with E-state index < -0.39 is 5.82 Å². The van der Waals surface area contributed by atoms with Gasteiger partial charge in [-0.2, -0.15) is 0 Å². The van der Waals surface area contributed by atoms with Crippen molar-refractivity contribution < 1.29 is 23.4 Å². The van der Waals surface area contributed by atoms with E-state index in [1.54, 1.807) is 6.92 Å². The Hall–Kier alpha value is -1.78. The van der Waals surface area contributed by atoms with Gasteiger partial charge < -0.3 is 14.2 Å². The zero-order chi connectivity index (χ0) is 15.1. The molecule has 1 rings (SSSR count). The molecule has 2 unspecified atom stereocenters. The second kappa shape index (κ2) is 7.72. The van der Waals surface area contributed by atoms with Crippen LogP contribution in [-0.2, 0) is 9.53 Å². The minimum Gasteiger partial charge on any atom is -0.494 e. The number of methoxy groups -OCH3 is 1. The van der Waals surface area contributed by atoms with Gasteiger partial charge in [-0.3, -0.25) is 4.79 Å². The number of hydrogen-bond donors (Lipinski definition) is 0. The molecule has 0 fully saturated rings. The van der Waals surface area contributed by atoms with Crippen molar-refractivity contribution in [1.82, 2.24) is 0 Å². The summed E-state index contributed by atoms with van der Waals surface area (Å²) in [6, 6.07) is 4.31. The maximum atomic E-state index is 13.3. The van der Waals surface area contributed by atoms with Crippen molar-refractivity contribution in [1.29, 1.82) is 0 Å². The third kappa shape index (κ3) is 4.72. The van der Waals surface area contributed by atoms with E-state index in [2.05, 4.69) is 0 Å². The van der Waals surface area contributed by atoms with Gasteiger partial charge in [0.05, 0.1) is 26.2 Å². The fourth-order valence-electron chi connectivity index (χ4n) is 1.69. The summed E-state index contributed by atoms with van der Waals surface area (Å²) < 4.78 is 28.8. The van der Waals surface area contributed by atoms with E-state index in [0.29, 0.717) is 12.4 Å². The molecule has 0 spiro atoms. The molecule has 0 saturated carbocycles. The van der Waals surface area contributed by atoms with Crippen molar-refractivity contribution in [3.05, 3.63) is 24.0 Å². The van der Waals surface area contributed by atoms with Gasteiger partial charge in [-0.15, -0.1) is 0 Å². The number of ether oxygens (including phenoxy) is 3. The normalized spacial score (nSPS) is 13.4. The summed E-state index contributed by atoms with van der Waals surface area (Å²) in [5, 5.41) is 0. The molecule has 0 radical (unpaired) electrons. The highest BCUT2D eigenvalue weighted by atomic mass is 19.1. The van der Waals surface area contributed by atoms with Gasteiger partial charge in [-0.05, 0) is 26.0 Å². The van der Waals surface area contributed by atoms with Gasteiger partial charge in [0.25, 0.3) is 0 Å². The van der Waals surface area contributed by atoms with Crippen LogP contribution in [0.4, 0.5) is 4.39 Å². The molecule has 0 aromatic heterocycles. The van der Waals surface area contributed by atoms with E-state index in [9.17, 15) is 9.18 Å². The van der Waals surface area contributed by atoms with Crippen molar-refractivity contribution in [2.24, 2.45) is 5.92 Å². The van der Waals surface area contributed by atoms with Gasteiger partial charge >= 0.3 is 5.97 Å². The van der Waals surface area contributed by atoms with Gasteiger partial charge in [-0.25, -0.2) is 4.39 Å². The minimum atomic E-state index is -0.438. The zero-order valence-corrected chi connectivity index (χ0v) is 12.3. The molecule has 0 aliphatic heterocycles. The molecule has 2 atom stereocenters. The SMILES string of the molecule is CCOC(=O)CC(C)C(C)Oc1ccc(F)c(OC)c1. The number of carbonyl (C=O) groups excluding carboxylic acids is 1. The molecule has 0 bridgehead atoms. The van der Waals surface area contributed by atoms with Crippen LogP contribution in [0.2, 0.25) is 0 Å². The quantitative estimate of drug-likeness (QED) is 0.721. The smallest absolute Gasteiger partial charge is 0.306 e. The number of benzene rings is 1. The van der Waals surface area contributed by atoms with E-state index in [1.807, 2.05) is 13.8 Å². The maximum absolute atomic E-state index is 13.3. The summed E-state index contributed by atoms with van der Waals surface area (Å²) in [4.78, 5) is 11.4. The van der Waals surface area contributed by atoms with Crippen LogP contribution in [0.3, 0.4) is 0 Å². The van der Waals surface area contributed by atoms with Gasteiger partial charge in [0.2, 0.25) is 0 Å². The minimum absolute atomic E-state index is 0.00917. The first-order chi connectivity index (χ1) is 9.47. The summed E-state index contributed by atoms with van der Waals surface area (Å²) in [5.74, 6) is -0.0523. The lowest BCUT2D eigenvalue weighted by atomic mass is 10.0. The zero-order valence-electron chi connectivity index (χ0n) is 12.3. The second-order valence-electron chi connectivity index (χ2n) is 4.61. The Bertz CT molecular complexity index is 447. The summed E-state index contributed by atoms with van der Waals surface area (Å²) in [6.45, 7) is 5.91. The van der Waals surface area contributed by atoms with Crippen LogP contribution in [0.15, 0.2) is 18.2 Å². The van der Waals surface area contributed by atoms with Crippen LogP contribution in [-0.4, -0.2) is 25.8 Å². The molecule has 0 aliphatic rings. The monoisotopic (exact) mass is 284 g/mol. The number of esters is 1. The number of rotatable bonds is 7. The van der Waals surface area contributed by atoms with E-state index in [4.69, 9.17) is 14.2 Å². The van der Waals surface area contributed by atoms with E-state index in [-0.39, 0.29) is 30.2 Å². The summed E-state index contributed by atoms with van der Waals surface area (Å²) >= 11 is 0. The molecule has 5 heteroatoms. The predicted octanol–water partition coefficient (Wildman–Crippen LogP) is 3.19. The standard InChI is InChI=1S/C15H21FO4/c1-5-19-15(17)8-10(2)11(3)20-12-6-7-13(16)14(9-12)18-4/h6-7,9-11H,5,8H2,1-4H3. The molecule has 1 aromatic carbocycles. The predicted molar refractivity (Wildman–Crippen MR) is 73.5 cm³/mol. The fourth-order valence-corrected chi connectivity index (χ4v) is 1.69. The lowest BCUT2D eigenvalue weighted by Gasteiger charge is -2.21. The molecule has 112 valence electrons. The highest BCUT2D eigenvalue weighted by Crippen LogP contribution is 2.25. The molecule has 0 saturated heterocycles. The fraction of sp³-hybridized carbons (Fsp3) is 0.533. The van der Waals surface area contributed by atoms with E-state index >= 15 is 0 Å². The molecular formula is C15H21FO4. The van der Waals surface area contributed by atoms with E-state index in [1.165, 1.54) is 25.3 Å². The number of hydrogen-bond acceptors (Lipinski definition) is 4. The van der Waals surface area contributed by atoms with Gasteiger partial charge in [0.15, 0.2) is 11.6 Å². The Morgan fingerprint density at radius 1 is 1.35 bits per heavy atom. The Morgan fingerprint density at radius 3 is 2.65 bits per heavy atom. The molecule has 1 aromatic rings. The van der Waals surface area contributed by atoms with Gasteiger partial charge in [-0.1, -0.05) is 6.92 Å². The number of halogens is 1. The highest BCUT2D eigenvalue weighted by molar-refractivity contribution is 5.69. The third-order valence-corrected chi connectivity index (χ3v) is 3.04. The van der Waals surface area contributed by atoms with Crippen molar-refractivity contribution in [2.45, 2.75) is 33.3 Å². The molecule has 0 aliphatic carbocycles. The van der Waals surface area contributed by atoms with Crippen molar-refractivity contribution in [3.63, 3.8) is 0 Å². The van der Waals surface area contributed by atoms with Crippen LogP contribution < -0.4 is 9.47 Å². The Kier molecular flexibility index (Phi) is 6.28. The van der Waals surface area contributed by atoms with Crippen LogP contribution in [0.25, 0.3) is 0 Å². The molecule has 20 heavy (non-hydrogen) atoms. The first kappa shape index (κ1) is 16.3. The molecular weight excluding hydrogens is 263 g/mol. The second-order valence-corrected chi connectivity index (χ2v) is 4.61. The van der Waals surface area contributed by atoms with Crippen LogP contribution >= 0.6 is 0 Å². The average molecular weight is 284 g/mol. The van der Waals surface area contributed by atoms with Gasteiger partial charge in [0, 0.05) is 12.0 Å². The Balaban J connectivity index is 2.61. The first-order valence-electron chi connectivity index (χ1n) is 6.63. The summed E-state index contributed by atoms with van der Waals surface area (Å²) in [7, 11) is 1.40. The summed E-state index contributed by atoms with van der Waals surface area (Å²) in [6.07, 6.45) is 0.0856. The maximum Gasteiger partial charge on any atom is 0.306 e. The van der Waals surface area contributed by atoms with Gasteiger partial charge in [0.1, 0.15) is 5.75 Å². The molecule has 4 nitrogen and oxygen atoms in total. The Morgan fingerprint density at radius 2 is 2.05 bits per heavy atom.